The molecule has 2 heteroatoms. The molecular weight excluding hydrogens is 232 g/mol. The fourth-order valence-corrected chi connectivity index (χ4v) is 6.36. The van der Waals surface area contributed by atoms with Gasteiger partial charge in [0.15, 0.2) is 0 Å². The first-order valence-corrected chi connectivity index (χ1v) is 8.77. The van der Waals surface area contributed by atoms with Gasteiger partial charge >= 0.3 is 0 Å². The number of nitrogens with two attached hydrogens (primary N) is 1. The Morgan fingerprint density at radius 1 is 0.947 bits per heavy atom. The van der Waals surface area contributed by atoms with E-state index in [2.05, 4.69) is 4.90 Å². The van der Waals surface area contributed by atoms with Crippen molar-refractivity contribution < 1.29 is 0 Å². The van der Waals surface area contributed by atoms with Crippen molar-refractivity contribution in [2.45, 2.75) is 57.4 Å². The molecule has 1 heterocycles. The normalized spacial score (nSPS) is 49.1. The Morgan fingerprint density at radius 2 is 1.63 bits per heavy atom. The number of hydrogen-bond acceptors (Lipinski definition) is 2. The van der Waals surface area contributed by atoms with E-state index in [1.165, 1.54) is 25.8 Å². The molecule has 0 radical (unpaired) electrons. The van der Waals surface area contributed by atoms with Gasteiger partial charge in [0.1, 0.15) is 0 Å². The highest BCUT2D eigenvalue weighted by atomic mass is 15.2. The van der Waals surface area contributed by atoms with Crippen LogP contribution in [-0.4, -0.2) is 30.6 Å². The summed E-state index contributed by atoms with van der Waals surface area (Å²) in [5, 5.41) is 0. The molecular formula is C17H30N2. The third kappa shape index (κ3) is 2.25. The van der Waals surface area contributed by atoms with Gasteiger partial charge < -0.3 is 5.73 Å². The van der Waals surface area contributed by atoms with Crippen LogP contribution in [0.2, 0.25) is 0 Å². The lowest BCUT2D eigenvalue weighted by atomic mass is 9.51. The summed E-state index contributed by atoms with van der Waals surface area (Å²) in [5.41, 5.74) is 5.78. The summed E-state index contributed by atoms with van der Waals surface area (Å²) in [6.07, 6.45) is 12.3. The summed E-state index contributed by atoms with van der Waals surface area (Å²) < 4.78 is 0. The predicted octanol–water partition coefficient (Wildman–Crippen LogP) is 2.87. The highest BCUT2D eigenvalue weighted by Gasteiger charge is 2.48. The maximum absolute atomic E-state index is 5.78. The Balaban J connectivity index is 1.42. The number of nitrogens with zero attached hydrogens (tertiary/aromatic N) is 1. The first-order valence-electron chi connectivity index (χ1n) is 8.77. The van der Waals surface area contributed by atoms with Gasteiger partial charge in [-0.2, -0.15) is 0 Å². The zero-order valence-electron chi connectivity index (χ0n) is 12.3. The summed E-state index contributed by atoms with van der Waals surface area (Å²) in [6, 6.07) is 0.881. The van der Waals surface area contributed by atoms with Crippen LogP contribution in [0.15, 0.2) is 0 Å². The van der Waals surface area contributed by atoms with E-state index in [0.717, 1.165) is 48.7 Å². The second-order valence-electron chi connectivity index (χ2n) is 7.95. The van der Waals surface area contributed by atoms with Crippen molar-refractivity contribution in [1.29, 1.82) is 0 Å². The molecule has 0 aromatic heterocycles. The van der Waals surface area contributed by atoms with Crippen LogP contribution in [0.5, 0.6) is 0 Å². The van der Waals surface area contributed by atoms with E-state index < -0.39 is 0 Å². The quantitative estimate of drug-likeness (QED) is 0.844. The summed E-state index contributed by atoms with van der Waals surface area (Å²) in [4.78, 5) is 2.70. The van der Waals surface area contributed by atoms with E-state index in [1.54, 1.807) is 32.1 Å². The molecule has 1 unspecified atom stereocenters. The number of rotatable bonds is 4. The van der Waals surface area contributed by atoms with Crippen molar-refractivity contribution in [3.8, 4) is 0 Å². The Kier molecular flexibility index (Phi) is 3.35. The van der Waals surface area contributed by atoms with Crippen molar-refractivity contribution in [2.75, 3.05) is 19.6 Å². The lowest BCUT2D eigenvalue weighted by Gasteiger charge is -2.55. The monoisotopic (exact) mass is 262 g/mol. The zero-order chi connectivity index (χ0) is 12.8. The lowest BCUT2D eigenvalue weighted by molar-refractivity contribution is -0.0472. The molecule has 0 spiro atoms. The van der Waals surface area contributed by atoms with E-state index in [1.807, 2.05) is 0 Å². The highest BCUT2D eigenvalue weighted by molar-refractivity contribution is 4.99. The largest absolute Gasteiger partial charge is 0.329 e. The molecule has 108 valence electrons. The minimum absolute atomic E-state index is 0.845. The standard InChI is InChI=1S/C17H30N2/c18-3-5-19-4-1-2-16(19)11-17-14-7-12-6-13(9-14)10-15(17)8-12/h12-17H,1-11,18H2. The van der Waals surface area contributed by atoms with E-state index in [9.17, 15) is 0 Å². The van der Waals surface area contributed by atoms with Gasteiger partial charge in [0.25, 0.3) is 0 Å². The first kappa shape index (κ1) is 12.6. The minimum atomic E-state index is 0.845. The Morgan fingerprint density at radius 3 is 2.26 bits per heavy atom. The van der Waals surface area contributed by atoms with Crippen LogP contribution in [0, 0.1) is 29.6 Å². The van der Waals surface area contributed by atoms with Crippen LogP contribution in [0.25, 0.3) is 0 Å². The van der Waals surface area contributed by atoms with Crippen molar-refractivity contribution in [3.63, 3.8) is 0 Å². The smallest absolute Gasteiger partial charge is 0.0108 e. The second-order valence-corrected chi connectivity index (χ2v) is 7.95. The fourth-order valence-electron chi connectivity index (χ4n) is 6.36. The van der Waals surface area contributed by atoms with Crippen molar-refractivity contribution in [2.24, 2.45) is 35.3 Å². The molecule has 4 saturated carbocycles. The van der Waals surface area contributed by atoms with Crippen LogP contribution in [0.1, 0.15) is 51.4 Å². The minimum Gasteiger partial charge on any atom is -0.329 e. The van der Waals surface area contributed by atoms with Crippen LogP contribution in [-0.2, 0) is 0 Å². The first-order chi connectivity index (χ1) is 9.33. The average Bonchev–Trinajstić information content (AvgIpc) is 2.81. The maximum atomic E-state index is 5.78. The lowest BCUT2D eigenvalue weighted by Crippen LogP contribution is -2.47. The molecule has 1 saturated heterocycles. The number of hydrogen-bond donors (Lipinski definition) is 1. The summed E-state index contributed by atoms with van der Waals surface area (Å²) in [6.45, 7) is 3.30. The van der Waals surface area contributed by atoms with Crippen LogP contribution < -0.4 is 5.73 Å². The molecule has 4 aliphatic carbocycles. The summed E-state index contributed by atoms with van der Waals surface area (Å²) >= 11 is 0. The molecule has 2 N–H and O–H groups in total. The molecule has 19 heavy (non-hydrogen) atoms. The van der Waals surface area contributed by atoms with E-state index >= 15 is 0 Å². The fraction of sp³-hybridized carbons (Fsp3) is 1.00. The van der Waals surface area contributed by atoms with Crippen molar-refractivity contribution in [3.05, 3.63) is 0 Å². The van der Waals surface area contributed by atoms with Crippen LogP contribution in [0.4, 0.5) is 0 Å². The van der Waals surface area contributed by atoms with Crippen molar-refractivity contribution >= 4 is 0 Å². The molecule has 5 rings (SSSR count). The van der Waals surface area contributed by atoms with Crippen molar-refractivity contribution in [1.82, 2.24) is 4.90 Å². The van der Waals surface area contributed by atoms with Gasteiger partial charge in [-0.25, -0.2) is 0 Å². The second kappa shape index (κ2) is 5.04. The highest BCUT2D eigenvalue weighted by Crippen LogP contribution is 2.57. The molecule has 1 aliphatic heterocycles. The van der Waals surface area contributed by atoms with E-state index in [4.69, 9.17) is 5.73 Å². The molecule has 1 atom stereocenters. The molecule has 0 aromatic rings. The van der Waals surface area contributed by atoms with Gasteiger partial charge in [-0.15, -0.1) is 0 Å². The van der Waals surface area contributed by atoms with Gasteiger partial charge in [0.2, 0.25) is 0 Å². The van der Waals surface area contributed by atoms with Gasteiger partial charge in [-0.05, 0) is 87.5 Å². The zero-order valence-corrected chi connectivity index (χ0v) is 12.3. The van der Waals surface area contributed by atoms with Gasteiger partial charge in [-0.3, -0.25) is 4.90 Å². The Labute approximate surface area is 118 Å². The molecule has 0 aromatic carbocycles. The van der Waals surface area contributed by atoms with Gasteiger partial charge in [0, 0.05) is 19.1 Å². The average molecular weight is 262 g/mol. The SMILES string of the molecule is NCCN1CCCC1CC1C2CC3CC(C2)CC1C3. The van der Waals surface area contributed by atoms with Crippen LogP contribution >= 0.6 is 0 Å². The topological polar surface area (TPSA) is 29.3 Å². The summed E-state index contributed by atoms with van der Waals surface area (Å²) in [7, 11) is 0. The Hall–Kier alpha value is -0.0800. The number of likely N-dealkylation sites (tertiary alicyclic amines) is 1. The molecule has 4 bridgehead atoms. The van der Waals surface area contributed by atoms with Gasteiger partial charge in [-0.1, -0.05) is 0 Å². The molecule has 5 aliphatic rings. The van der Waals surface area contributed by atoms with Crippen LogP contribution in [0.3, 0.4) is 0 Å². The van der Waals surface area contributed by atoms with Gasteiger partial charge in [0.05, 0.1) is 0 Å². The molecule has 2 nitrogen and oxygen atoms in total. The summed E-state index contributed by atoms with van der Waals surface area (Å²) in [5.74, 6) is 5.55. The predicted molar refractivity (Wildman–Crippen MR) is 78.8 cm³/mol. The molecule has 5 fully saturated rings. The maximum Gasteiger partial charge on any atom is 0.0108 e. The third-order valence-corrected chi connectivity index (χ3v) is 6.88. The third-order valence-electron chi connectivity index (χ3n) is 6.88. The Bertz CT molecular complexity index is 299. The van der Waals surface area contributed by atoms with E-state index in [0.29, 0.717) is 0 Å². The van der Waals surface area contributed by atoms with E-state index in [-0.39, 0.29) is 0 Å². The molecule has 0 amide bonds.